The van der Waals surface area contributed by atoms with Gasteiger partial charge in [0.05, 0.1) is 10.8 Å². The van der Waals surface area contributed by atoms with Crippen LogP contribution in [0, 0.1) is 26.7 Å². The van der Waals surface area contributed by atoms with Crippen LogP contribution in [0.2, 0.25) is 0 Å². The number of rotatable bonds is 4. The fourth-order valence-corrected chi connectivity index (χ4v) is 4.86. The SMILES string of the molecule is Cc1cc(C)c(C)c(OC(=O)C2CCN(S(=O)(=O)c3ccccc3)CC2)c1. The van der Waals surface area contributed by atoms with Gasteiger partial charge in [0.15, 0.2) is 0 Å². The molecule has 0 radical (unpaired) electrons. The molecule has 0 spiro atoms. The van der Waals surface area contributed by atoms with Crippen molar-refractivity contribution in [1.29, 1.82) is 0 Å². The highest BCUT2D eigenvalue weighted by Crippen LogP contribution is 2.28. The second-order valence-corrected chi connectivity index (χ2v) is 9.06. The van der Waals surface area contributed by atoms with Gasteiger partial charge in [0.1, 0.15) is 5.75 Å². The molecule has 0 N–H and O–H groups in total. The molecular formula is C21H25NO4S. The number of piperidine rings is 1. The maximum atomic E-state index is 12.7. The molecule has 0 bridgehead atoms. The zero-order valence-corrected chi connectivity index (χ0v) is 16.8. The summed E-state index contributed by atoms with van der Waals surface area (Å²) in [5.74, 6) is 0.0316. The highest BCUT2D eigenvalue weighted by molar-refractivity contribution is 7.89. The standard InChI is InChI=1S/C21H25NO4S/c1-15-13-16(2)17(3)20(14-15)26-21(23)18-9-11-22(12-10-18)27(24,25)19-7-5-4-6-8-19/h4-8,13-14,18H,9-12H2,1-3H3. The molecule has 27 heavy (non-hydrogen) atoms. The number of benzene rings is 2. The van der Waals surface area contributed by atoms with E-state index in [1.54, 1.807) is 30.3 Å². The Labute approximate surface area is 161 Å². The molecule has 2 aromatic rings. The van der Waals surface area contributed by atoms with Crippen molar-refractivity contribution in [2.24, 2.45) is 5.92 Å². The number of hydrogen-bond donors (Lipinski definition) is 0. The van der Waals surface area contributed by atoms with Gasteiger partial charge in [-0.1, -0.05) is 24.3 Å². The molecule has 0 saturated carbocycles. The van der Waals surface area contributed by atoms with Crippen molar-refractivity contribution < 1.29 is 17.9 Å². The van der Waals surface area contributed by atoms with Crippen LogP contribution in [0.25, 0.3) is 0 Å². The second-order valence-electron chi connectivity index (χ2n) is 7.12. The maximum absolute atomic E-state index is 12.7. The molecule has 1 aliphatic heterocycles. The summed E-state index contributed by atoms with van der Waals surface area (Å²) in [6, 6.07) is 12.3. The Bertz CT molecular complexity index is 930. The first kappa shape index (κ1) is 19.6. The van der Waals surface area contributed by atoms with Crippen LogP contribution < -0.4 is 4.74 Å². The average molecular weight is 388 g/mol. The molecule has 2 aromatic carbocycles. The van der Waals surface area contributed by atoms with Crippen molar-refractivity contribution in [2.45, 2.75) is 38.5 Å². The van der Waals surface area contributed by atoms with Gasteiger partial charge in [-0.2, -0.15) is 4.31 Å². The third-order valence-electron chi connectivity index (χ3n) is 5.14. The first-order valence-electron chi connectivity index (χ1n) is 9.14. The number of hydrogen-bond acceptors (Lipinski definition) is 4. The monoisotopic (exact) mass is 387 g/mol. The highest BCUT2D eigenvalue weighted by atomic mass is 32.2. The summed E-state index contributed by atoms with van der Waals surface area (Å²) in [4.78, 5) is 12.9. The minimum Gasteiger partial charge on any atom is -0.426 e. The van der Waals surface area contributed by atoms with E-state index in [1.807, 2.05) is 26.8 Å². The zero-order valence-electron chi connectivity index (χ0n) is 15.9. The lowest BCUT2D eigenvalue weighted by molar-refractivity contribution is -0.140. The van der Waals surface area contributed by atoms with Gasteiger partial charge in [-0.15, -0.1) is 0 Å². The predicted molar refractivity (Wildman–Crippen MR) is 104 cm³/mol. The van der Waals surface area contributed by atoms with Crippen molar-refractivity contribution in [3.8, 4) is 5.75 Å². The third-order valence-corrected chi connectivity index (χ3v) is 7.06. The molecule has 1 heterocycles. The Morgan fingerprint density at radius 1 is 1.04 bits per heavy atom. The molecule has 1 aliphatic rings. The largest absolute Gasteiger partial charge is 0.426 e. The van der Waals surface area contributed by atoms with Crippen LogP contribution >= 0.6 is 0 Å². The van der Waals surface area contributed by atoms with Gasteiger partial charge in [-0.05, 0) is 68.5 Å². The molecule has 0 unspecified atom stereocenters. The highest BCUT2D eigenvalue weighted by Gasteiger charge is 2.33. The number of carbonyl (C=O) groups excluding carboxylic acids is 1. The fraction of sp³-hybridized carbons (Fsp3) is 0.381. The normalized spacial score (nSPS) is 16.3. The molecule has 5 nitrogen and oxygen atoms in total. The number of aryl methyl sites for hydroxylation is 2. The molecule has 0 aliphatic carbocycles. The topological polar surface area (TPSA) is 63.7 Å². The molecule has 1 saturated heterocycles. The summed E-state index contributed by atoms with van der Waals surface area (Å²) in [6.45, 7) is 6.54. The number of sulfonamides is 1. The zero-order chi connectivity index (χ0) is 19.6. The van der Waals surface area contributed by atoms with Crippen LogP contribution in [0.1, 0.15) is 29.5 Å². The maximum Gasteiger partial charge on any atom is 0.314 e. The Hall–Kier alpha value is -2.18. The summed E-state index contributed by atoms with van der Waals surface area (Å²) in [5.41, 5.74) is 3.09. The molecular weight excluding hydrogens is 362 g/mol. The van der Waals surface area contributed by atoms with Crippen molar-refractivity contribution in [1.82, 2.24) is 4.31 Å². The number of nitrogens with zero attached hydrogens (tertiary/aromatic N) is 1. The van der Waals surface area contributed by atoms with Crippen molar-refractivity contribution in [3.05, 3.63) is 59.2 Å². The van der Waals surface area contributed by atoms with E-state index in [1.165, 1.54) is 4.31 Å². The fourth-order valence-electron chi connectivity index (χ4n) is 3.37. The van der Waals surface area contributed by atoms with Gasteiger partial charge in [-0.25, -0.2) is 8.42 Å². The lowest BCUT2D eigenvalue weighted by Crippen LogP contribution is -2.41. The van der Waals surface area contributed by atoms with Gasteiger partial charge in [-0.3, -0.25) is 4.79 Å². The van der Waals surface area contributed by atoms with E-state index in [0.717, 1.165) is 16.7 Å². The van der Waals surface area contributed by atoms with Crippen molar-refractivity contribution >= 4 is 16.0 Å². The van der Waals surface area contributed by atoms with E-state index >= 15 is 0 Å². The quantitative estimate of drug-likeness (QED) is 0.594. The molecule has 1 fully saturated rings. The first-order valence-corrected chi connectivity index (χ1v) is 10.6. The lowest BCUT2D eigenvalue weighted by Gasteiger charge is -2.30. The first-order chi connectivity index (χ1) is 12.8. The molecule has 0 aromatic heterocycles. The van der Waals surface area contributed by atoms with E-state index in [9.17, 15) is 13.2 Å². The van der Waals surface area contributed by atoms with Gasteiger partial charge < -0.3 is 4.74 Å². The van der Waals surface area contributed by atoms with E-state index in [-0.39, 0.29) is 16.8 Å². The summed E-state index contributed by atoms with van der Waals surface area (Å²) in [6.07, 6.45) is 0.934. The van der Waals surface area contributed by atoms with Crippen LogP contribution in [0.4, 0.5) is 0 Å². The Morgan fingerprint density at radius 2 is 1.67 bits per heavy atom. The minimum absolute atomic E-state index is 0.278. The lowest BCUT2D eigenvalue weighted by atomic mass is 9.98. The van der Waals surface area contributed by atoms with Crippen LogP contribution in [0.3, 0.4) is 0 Å². The van der Waals surface area contributed by atoms with E-state index in [2.05, 4.69) is 6.07 Å². The summed E-state index contributed by atoms with van der Waals surface area (Å²) >= 11 is 0. The number of carbonyl (C=O) groups is 1. The van der Waals surface area contributed by atoms with Crippen LogP contribution in [-0.4, -0.2) is 31.8 Å². The Kier molecular flexibility index (Phi) is 5.67. The van der Waals surface area contributed by atoms with Gasteiger partial charge in [0.2, 0.25) is 10.0 Å². The van der Waals surface area contributed by atoms with Crippen molar-refractivity contribution in [3.63, 3.8) is 0 Å². The summed E-state index contributed by atoms with van der Waals surface area (Å²) in [5, 5.41) is 0. The van der Waals surface area contributed by atoms with Gasteiger partial charge in [0.25, 0.3) is 0 Å². The van der Waals surface area contributed by atoms with Gasteiger partial charge >= 0.3 is 5.97 Å². The third kappa shape index (κ3) is 4.22. The molecule has 6 heteroatoms. The predicted octanol–water partition coefficient (Wildman–Crippen LogP) is 3.62. The smallest absolute Gasteiger partial charge is 0.314 e. The molecule has 0 atom stereocenters. The summed E-state index contributed by atoms with van der Waals surface area (Å²) in [7, 11) is -3.51. The van der Waals surface area contributed by atoms with E-state index < -0.39 is 10.0 Å². The molecule has 3 rings (SSSR count). The van der Waals surface area contributed by atoms with Crippen LogP contribution in [0.15, 0.2) is 47.4 Å². The second kappa shape index (κ2) is 7.82. The van der Waals surface area contributed by atoms with Gasteiger partial charge in [0, 0.05) is 13.1 Å². The molecule has 0 amide bonds. The average Bonchev–Trinajstić information content (AvgIpc) is 2.66. The van der Waals surface area contributed by atoms with E-state index in [0.29, 0.717) is 31.7 Å². The Morgan fingerprint density at radius 3 is 2.30 bits per heavy atom. The van der Waals surface area contributed by atoms with Crippen molar-refractivity contribution in [2.75, 3.05) is 13.1 Å². The Balaban J connectivity index is 1.65. The minimum atomic E-state index is -3.51. The molecule has 144 valence electrons. The van der Waals surface area contributed by atoms with Crippen LogP contribution in [-0.2, 0) is 14.8 Å². The number of esters is 1. The van der Waals surface area contributed by atoms with Crippen LogP contribution in [0.5, 0.6) is 5.75 Å². The number of ether oxygens (including phenoxy) is 1. The van der Waals surface area contributed by atoms with E-state index in [4.69, 9.17) is 4.74 Å². The summed E-state index contributed by atoms with van der Waals surface area (Å²) < 4.78 is 32.5.